The van der Waals surface area contributed by atoms with Gasteiger partial charge in [0.25, 0.3) is 20.0 Å². The first-order valence-electron chi connectivity index (χ1n) is 18.6. The van der Waals surface area contributed by atoms with E-state index in [1.54, 1.807) is 58.9 Å². The molecule has 0 radical (unpaired) electrons. The molecule has 15 nitrogen and oxygen atoms in total. The number of hydrogen-bond acceptors (Lipinski definition) is 11. The van der Waals surface area contributed by atoms with E-state index in [0.29, 0.717) is 17.9 Å². The highest BCUT2D eigenvalue weighted by molar-refractivity contribution is 7.89. The number of H-pyrrole nitrogens is 1. The van der Waals surface area contributed by atoms with E-state index in [1.807, 2.05) is 79.7 Å². The smallest absolute Gasteiger partial charge is 0.262 e. The van der Waals surface area contributed by atoms with Gasteiger partial charge in [-0.05, 0) is 89.3 Å². The third-order valence-corrected chi connectivity index (χ3v) is 12.7. The summed E-state index contributed by atoms with van der Waals surface area (Å²) in [6, 6.07) is 32.1. The predicted octanol–water partition coefficient (Wildman–Crippen LogP) is 5.88. The van der Waals surface area contributed by atoms with Crippen LogP contribution in [0.1, 0.15) is 35.6 Å². The van der Waals surface area contributed by atoms with Crippen molar-refractivity contribution in [2.75, 3.05) is 28.4 Å². The molecule has 0 aliphatic rings. The number of aliphatic hydroxyl groups excluding tert-OH is 1. The van der Waals surface area contributed by atoms with Gasteiger partial charge < -0.3 is 24.1 Å². The molecule has 2 N–H and O–H groups in total. The molecular weight excluding hydrogens is 797 g/mol. The Labute approximate surface area is 345 Å². The zero-order chi connectivity index (χ0) is 42.4. The second kappa shape index (κ2) is 20.8. The van der Waals surface area contributed by atoms with Gasteiger partial charge in [-0.3, -0.25) is 9.78 Å². The lowest BCUT2D eigenvalue weighted by atomic mass is 10.2. The second-order valence-electron chi connectivity index (χ2n) is 13.3. The van der Waals surface area contributed by atoms with Gasteiger partial charge in [-0.25, -0.2) is 16.8 Å². The number of ether oxygens (including phenoxy) is 4. The lowest BCUT2D eigenvalue weighted by Gasteiger charge is -2.22. The lowest BCUT2D eigenvalue weighted by Crippen LogP contribution is -2.31. The highest BCUT2D eigenvalue weighted by atomic mass is 32.2. The molecular formula is C42H50N6O9S2. The standard InChI is InChI=1S/C23H29N3O5S.C19H21N3O4S/c1-4-20(27)17-25-14-13-23(24-25)32(28,29)26(15-18-5-9-21(30-2)10-6-18)16-19-7-11-22(31-3)12-8-19;1-25-17-7-3-15(4-8-17)13-22(27(23,24)19-11-12-20-21-19)14-16-5-9-18(26-2)10-6-16/h5-14,20,27H,4,15-17H2,1-3H3;3-12H,13-14H2,1-2H3,(H,20,21)/t20-;/m0./s1. The number of nitrogens with one attached hydrogen (secondary N) is 1. The fourth-order valence-electron chi connectivity index (χ4n) is 5.78. The lowest BCUT2D eigenvalue weighted by molar-refractivity contribution is 0.144. The molecule has 17 heteroatoms. The van der Waals surface area contributed by atoms with E-state index >= 15 is 0 Å². The average Bonchev–Trinajstić information content (AvgIpc) is 3.99. The van der Waals surface area contributed by atoms with E-state index in [0.717, 1.165) is 33.8 Å². The number of sulfonamides is 2. The fourth-order valence-corrected chi connectivity index (χ4v) is 8.44. The van der Waals surface area contributed by atoms with Crippen LogP contribution in [0.15, 0.2) is 132 Å². The SMILES string of the molecule is CC[C@H](O)Cn1ccc(S(=O)(=O)N(Cc2ccc(OC)cc2)Cc2ccc(OC)cc2)n1.COc1ccc(CN(Cc2ccc(OC)cc2)S(=O)(=O)c2ccn[nH]2)cc1. The summed E-state index contributed by atoms with van der Waals surface area (Å²) < 4.78 is 78.1. The summed E-state index contributed by atoms with van der Waals surface area (Å²) in [7, 11) is -1.27. The highest BCUT2D eigenvalue weighted by Crippen LogP contribution is 2.24. The minimum Gasteiger partial charge on any atom is -0.497 e. The van der Waals surface area contributed by atoms with Crippen molar-refractivity contribution in [3.63, 3.8) is 0 Å². The summed E-state index contributed by atoms with van der Waals surface area (Å²) in [5.74, 6) is 2.84. The van der Waals surface area contributed by atoms with Gasteiger partial charge in [0.2, 0.25) is 0 Å². The summed E-state index contributed by atoms with van der Waals surface area (Å²) in [5.41, 5.74) is 3.35. The Morgan fingerprint density at radius 2 is 0.966 bits per heavy atom. The molecule has 0 saturated carbocycles. The van der Waals surface area contributed by atoms with Crippen LogP contribution in [-0.4, -0.2) is 85.1 Å². The van der Waals surface area contributed by atoms with E-state index in [-0.39, 0.29) is 42.8 Å². The van der Waals surface area contributed by atoms with Crippen LogP contribution >= 0.6 is 0 Å². The predicted molar refractivity (Wildman–Crippen MR) is 222 cm³/mol. The molecule has 0 bridgehead atoms. The quantitative estimate of drug-likeness (QED) is 0.0995. The van der Waals surface area contributed by atoms with Crippen LogP contribution in [0.2, 0.25) is 0 Å². The molecule has 59 heavy (non-hydrogen) atoms. The Morgan fingerprint density at radius 1 is 0.593 bits per heavy atom. The van der Waals surface area contributed by atoms with E-state index in [1.165, 1.54) is 31.6 Å². The van der Waals surface area contributed by atoms with Gasteiger partial charge in [-0.1, -0.05) is 55.5 Å². The van der Waals surface area contributed by atoms with Crippen molar-refractivity contribution in [2.45, 2.75) is 62.2 Å². The number of aromatic amines is 1. The third-order valence-electron chi connectivity index (χ3n) is 9.25. The molecule has 2 aromatic heterocycles. The zero-order valence-corrected chi connectivity index (χ0v) is 35.3. The van der Waals surface area contributed by atoms with Crippen LogP contribution in [0.5, 0.6) is 23.0 Å². The van der Waals surface area contributed by atoms with Crippen LogP contribution < -0.4 is 18.9 Å². The van der Waals surface area contributed by atoms with Crippen LogP contribution in [-0.2, 0) is 52.8 Å². The number of rotatable bonds is 19. The van der Waals surface area contributed by atoms with Crippen molar-refractivity contribution < 1.29 is 40.9 Å². The molecule has 0 aliphatic carbocycles. The first kappa shape index (κ1) is 44.4. The molecule has 0 saturated heterocycles. The van der Waals surface area contributed by atoms with E-state index in [2.05, 4.69) is 15.3 Å². The van der Waals surface area contributed by atoms with Gasteiger partial charge in [0.05, 0.1) is 47.3 Å². The van der Waals surface area contributed by atoms with Gasteiger partial charge in [0, 0.05) is 32.4 Å². The molecule has 2 heterocycles. The summed E-state index contributed by atoms with van der Waals surface area (Å²) in [4.78, 5) is 0. The maximum Gasteiger partial charge on any atom is 0.262 e. The van der Waals surface area contributed by atoms with E-state index in [4.69, 9.17) is 18.9 Å². The van der Waals surface area contributed by atoms with Crippen LogP contribution in [0.25, 0.3) is 0 Å². The monoisotopic (exact) mass is 846 g/mol. The summed E-state index contributed by atoms with van der Waals surface area (Å²) >= 11 is 0. The Kier molecular flexibility index (Phi) is 15.7. The summed E-state index contributed by atoms with van der Waals surface area (Å²) in [6.45, 7) is 2.88. The molecule has 6 rings (SSSR count). The second-order valence-corrected chi connectivity index (χ2v) is 17.1. The molecule has 0 spiro atoms. The third kappa shape index (κ3) is 12.2. The molecule has 1 atom stereocenters. The largest absolute Gasteiger partial charge is 0.497 e. The number of aromatic nitrogens is 4. The highest BCUT2D eigenvalue weighted by Gasteiger charge is 2.28. The Bertz CT molecular complexity index is 2290. The van der Waals surface area contributed by atoms with Crippen molar-refractivity contribution in [3.05, 3.63) is 144 Å². The van der Waals surface area contributed by atoms with Gasteiger partial charge in [-0.2, -0.15) is 18.8 Å². The van der Waals surface area contributed by atoms with Crippen LogP contribution in [0.4, 0.5) is 0 Å². The maximum absolute atomic E-state index is 13.5. The first-order valence-corrected chi connectivity index (χ1v) is 21.5. The molecule has 0 amide bonds. The van der Waals surface area contributed by atoms with E-state index in [9.17, 15) is 21.9 Å². The van der Waals surface area contributed by atoms with Gasteiger partial charge >= 0.3 is 0 Å². The molecule has 0 fully saturated rings. The van der Waals surface area contributed by atoms with Crippen molar-refractivity contribution in [1.82, 2.24) is 28.6 Å². The molecule has 0 unspecified atom stereocenters. The summed E-state index contributed by atoms with van der Waals surface area (Å²) in [5, 5.41) is 20.4. The minimum atomic E-state index is -3.89. The van der Waals surface area contributed by atoms with Crippen LogP contribution in [0.3, 0.4) is 0 Å². The Morgan fingerprint density at radius 3 is 1.29 bits per heavy atom. The normalized spacial score (nSPS) is 12.1. The summed E-state index contributed by atoms with van der Waals surface area (Å²) in [6.07, 6.45) is 2.97. The van der Waals surface area contributed by atoms with Crippen molar-refractivity contribution in [3.8, 4) is 23.0 Å². The Balaban J connectivity index is 0.000000227. The first-order chi connectivity index (χ1) is 28.4. The topological polar surface area (TPSA) is 178 Å². The molecule has 0 aliphatic heterocycles. The minimum absolute atomic E-state index is 0.0529. The van der Waals surface area contributed by atoms with Gasteiger partial charge in [0.1, 0.15) is 23.0 Å². The number of aliphatic hydroxyl groups is 1. The van der Waals surface area contributed by atoms with Crippen LogP contribution in [0, 0.1) is 0 Å². The van der Waals surface area contributed by atoms with Gasteiger partial charge in [0.15, 0.2) is 10.1 Å². The van der Waals surface area contributed by atoms with Crippen molar-refractivity contribution in [1.29, 1.82) is 0 Å². The Hall–Kier alpha value is -5.72. The number of hydrogen-bond donors (Lipinski definition) is 2. The molecule has 314 valence electrons. The maximum atomic E-state index is 13.5. The van der Waals surface area contributed by atoms with Crippen molar-refractivity contribution in [2.24, 2.45) is 0 Å². The van der Waals surface area contributed by atoms with Crippen molar-refractivity contribution >= 4 is 20.0 Å². The molecule has 6 aromatic rings. The average molecular weight is 847 g/mol. The number of benzene rings is 4. The zero-order valence-electron chi connectivity index (χ0n) is 33.6. The fraction of sp³-hybridized carbons (Fsp3) is 0.286. The van der Waals surface area contributed by atoms with E-state index < -0.39 is 26.2 Å². The number of methoxy groups -OCH3 is 4. The van der Waals surface area contributed by atoms with Gasteiger partial charge in [-0.15, -0.1) is 0 Å². The molecule has 4 aromatic carbocycles. The number of nitrogens with zero attached hydrogens (tertiary/aromatic N) is 5.